The molecule has 0 heterocycles. The topological polar surface area (TPSA) is 0 Å². The van der Waals surface area contributed by atoms with Crippen LogP contribution in [0.1, 0.15) is 78.1 Å². The van der Waals surface area contributed by atoms with Crippen LogP contribution in [-0.4, -0.2) is 0 Å². The van der Waals surface area contributed by atoms with Crippen LogP contribution in [0.4, 0.5) is 0 Å². The maximum atomic E-state index is 2.41. The Morgan fingerprint density at radius 3 is 2.25 bits per heavy atom. The van der Waals surface area contributed by atoms with E-state index in [4.69, 9.17) is 0 Å². The van der Waals surface area contributed by atoms with Crippen LogP contribution in [0, 0.1) is 11.8 Å². The molecule has 0 atom stereocenters. The molecule has 94 valence electrons. The maximum absolute atomic E-state index is 2.41. The zero-order valence-electron chi connectivity index (χ0n) is 11.4. The van der Waals surface area contributed by atoms with Crippen molar-refractivity contribution in [3.8, 4) is 0 Å². The molecule has 1 fully saturated rings. The minimum Gasteiger partial charge on any atom is -0.0914 e. The fourth-order valence-electron chi connectivity index (χ4n) is 2.98. The van der Waals surface area contributed by atoms with Gasteiger partial charge in [-0.25, -0.2) is 0 Å². The van der Waals surface area contributed by atoms with Crippen LogP contribution in [-0.2, 0) is 0 Å². The van der Waals surface area contributed by atoms with Gasteiger partial charge in [0.1, 0.15) is 0 Å². The molecule has 0 aromatic heterocycles. The minimum absolute atomic E-state index is 0.904. The summed E-state index contributed by atoms with van der Waals surface area (Å²) < 4.78 is 0. The largest absolute Gasteiger partial charge is 0.0914 e. The summed E-state index contributed by atoms with van der Waals surface area (Å²) in [6, 6.07) is 0. The van der Waals surface area contributed by atoms with Gasteiger partial charge in [-0.2, -0.15) is 0 Å². The van der Waals surface area contributed by atoms with Gasteiger partial charge < -0.3 is 0 Å². The molecule has 0 bridgehead atoms. The van der Waals surface area contributed by atoms with Gasteiger partial charge in [0.15, 0.2) is 0 Å². The molecule has 1 saturated carbocycles. The van der Waals surface area contributed by atoms with E-state index in [2.05, 4.69) is 26.0 Å². The lowest BCUT2D eigenvalue weighted by molar-refractivity contribution is 0.288. The van der Waals surface area contributed by atoms with Crippen molar-refractivity contribution in [1.29, 1.82) is 0 Å². The summed E-state index contributed by atoms with van der Waals surface area (Å²) in [5.74, 6) is 1.96. The van der Waals surface area contributed by atoms with Crippen molar-refractivity contribution < 1.29 is 0 Å². The summed E-state index contributed by atoms with van der Waals surface area (Å²) in [5, 5.41) is 0. The SMILES string of the molecule is C/C=C/C1CCC(CCCCCCC)CC1. The summed E-state index contributed by atoms with van der Waals surface area (Å²) in [7, 11) is 0. The quantitative estimate of drug-likeness (QED) is 0.381. The van der Waals surface area contributed by atoms with Gasteiger partial charge in [-0.15, -0.1) is 0 Å². The van der Waals surface area contributed by atoms with Crippen LogP contribution in [0.25, 0.3) is 0 Å². The Balaban J connectivity index is 1.99. The lowest BCUT2D eigenvalue weighted by Gasteiger charge is -2.26. The highest BCUT2D eigenvalue weighted by molar-refractivity contribution is 4.88. The smallest absolute Gasteiger partial charge is 0.0233 e. The van der Waals surface area contributed by atoms with E-state index in [0.717, 1.165) is 11.8 Å². The third-order valence-corrected chi connectivity index (χ3v) is 4.07. The molecule has 0 amide bonds. The van der Waals surface area contributed by atoms with E-state index in [9.17, 15) is 0 Å². The average molecular weight is 222 g/mol. The van der Waals surface area contributed by atoms with Crippen molar-refractivity contribution >= 4 is 0 Å². The van der Waals surface area contributed by atoms with Crippen LogP contribution in [0.2, 0.25) is 0 Å². The highest BCUT2D eigenvalue weighted by atomic mass is 14.2. The Kier molecular flexibility index (Phi) is 7.63. The first kappa shape index (κ1) is 13.8. The monoisotopic (exact) mass is 222 g/mol. The first-order valence-corrected chi connectivity index (χ1v) is 7.49. The standard InChI is InChI=1S/C16H30/c1-3-5-6-7-8-10-16-13-11-15(9-4-2)12-14-16/h4,9,15-16H,3,5-8,10-14H2,1-2H3/b9-4+. The molecule has 16 heavy (non-hydrogen) atoms. The molecule has 0 nitrogen and oxygen atoms in total. The normalized spacial score (nSPS) is 26.4. The first-order valence-electron chi connectivity index (χ1n) is 7.49. The van der Waals surface area contributed by atoms with Gasteiger partial charge >= 0.3 is 0 Å². The minimum atomic E-state index is 0.904. The second kappa shape index (κ2) is 8.84. The molecule has 0 aromatic rings. The Morgan fingerprint density at radius 2 is 1.62 bits per heavy atom. The Bertz CT molecular complexity index is 172. The molecule has 1 rings (SSSR count). The van der Waals surface area contributed by atoms with Crippen molar-refractivity contribution in [2.24, 2.45) is 11.8 Å². The fourth-order valence-corrected chi connectivity index (χ4v) is 2.98. The molecular weight excluding hydrogens is 192 g/mol. The summed E-state index contributed by atoms with van der Waals surface area (Å²) in [5.41, 5.74) is 0. The zero-order valence-corrected chi connectivity index (χ0v) is 11.4. The van der Waals surface area contributed by atoms with Crippen molar-refractivity contribution in [2.75, 3.05) is 0 Å². The second-order valence-corrected chi connectivity index (χ2v) is 5.51. The van der Waals surface area contributed by atoms with Gasteiger partial charge in [-0.05, 0) is 44.4 Å². The van der Waals surface area contributed by atoms with Gasteiger partial charge in [0.25, 0.3) is 0 Å². The van der Waals surface area contributed by atoms with Crippen molar-refractivity contribution in [3.05, 3.63) is 12.2 Å². The van der Waals surface area contributed by atoms with Crippen LogP contribution < -0.4 is 0 Å². The molecule has 0 unspecified atom stereocenters. The van der Waals surface area contributed by atoms with Gasteiger partial charge in [-0.3, -0.25) is 0 Å². The predicted molar refractivity (Wildman–Crippen MR) is 73.6 cm³/mol. The highest BCUT2D eigenvalue weighted by Gasteiger charge is 2.18. The molecule has 0 N–H and O–H groups in total. The van der Waals surface area contributed by atoms with Crippen molar-refractivity contribution in [3.63, 3.8) is 0 Å². The summed E-state index contributed by atoms with van der Waals surface area (Å²) >= 11 is 0. The van der Waals surface area contributed by atoms with Crippen molar-refractivity contribution in [1.82, 2.24) is 0 Å². The van der Waals surface area contributed by atoms with Crippen molar-refractivity contribution in [2.45, 2.75) is 78.1 Å². The molecular formula is C16H30. The van der Waals surface area contributed by atoms with E-state index in [1.165, 1.54) is 64.2 Å². The predicted octanol–water partition coefficient (Wildman–Crippen LogP) is 5.73. The lowest BCUT2D eigenvalue weighted by atomic mass is 9.79. The van der Waals surface area contributed by atoms with Gasteiger partial charge in [-0.1, -0.05) is 57.6 Å². The van der Waals surface area contributed by atoms with E-state index in [-0.39, 0.29) is 0 Å². The van der Waals surface area contributed by atoms with E-state index < -0.39 is 0 Å². The molecule has 0 aromatic carbocycles. The summed E-state index contributed by atoms with van der Waals surface area (Å²) in [6.45, 7) is 4.45. The van der Waals surface area contributed by atoms with Gasteiger partial charge in [0, 0.05) is 0 Å². The molecule has 0 spiro atoms. The number of hydrogen-bond acceptors (Lipinski definition) is 0. The van der Waals surface area contributed by atoms with Gasteiger partial charge in [0.2, 0.25) is 0 Å². The third kappa shape index (κ3) is 5.72. The molecule has 1 aliphatic rings. The highest BCUT2D eigenvalue weighted by Crippen LogP contribution is 2.32. The number of allylic oxidation sites excluding steroid dienone is 2. The Labute approximate surface area is 103 Å². The summed E-state index contributed by atoms with van der Waals surface area (Å²) in [6.07, 6.45) is 19.3. The van der Waals surface area contributed by atoms with Crippen LogP contribution in [0.3, 0.4) is 0 Å². The zero-order chi connectivity index (χ0) is 11.6. The second-order valence-electron chi connectivity index (χ2n) is 5.51. The molecule has 0 heteroatoms. The molecule has 1 aliphatic carbocycles. The van der Waals surface area contributed by atoms with Crippen LogP contribution in [0.15, 0.2) is 12.2 Å². The van der Waals surface area contributed by atoms with E-state index in [1.54, 1.807) is 0 Å². The number of unbranched alkanes of at least 4 members (excludes halogenated alkanes) is 4. The molecule has 0 radical (unpaired) electrons. The Hall–Kier alpha value is -0.260. The number of rotatable bonds is 7. The van der Waals surface area contributed by atoms with E-state index in [1.807, 2.05) is 0 Å². The third-order valence-electron chi connectivity index (χ3n) is 4.07. The lowest BCUT2D eigenvalue weighted by Crippen LogP contribution is -2.12. The molecule has 0 aliphatic heterocycles. The molecule has 0 saturated heterocycles. The van der Waals surface area contributed by atoms with E-state index >= 15 is 0 Å². The first-order chi connectivity index (χ1) is 7.86. The van der Waals surface area contributed by atoms with Gasteiger partial charge in [0.05, 0.1) is 0 Å². The van der Waals surface area contributed by atoms with Crippen LogP contribution >= 0.6 is 0 Å². The fraction of sp³-hybridized carbons (Fsp3) is 0.875. The van der Waals surface area contributed by atoms with Crippen LogP contribution in [0.5, 0.6) is 0 Å². The average Bonchev–Trinajstić information content (AvgIpc) is 2.31. The number of hydrogen-bond donors (Lipinski definition) is 0. The van der Waals surface area contributed by atoms with E-state index in [0.29, 0.717) is 0 Å². The maximum Gasteiger partial charge on any atom is -0.0233 e. The Morgan fingerprint density at radius 1 is 0.938 bits per heavy atom. The summed E-state index contributed by atoms with van der Waals surface area (Å²) in [4.78, 5) is 0.